The number of nitrogens with zero attached hydrogens (tertiary/aromatic N) is 2. The smallest absolute Gasteiger partial charge is 0.194 e. The van der Waals surface area contributed by atoms with Crippen LogP contribution < -0.4 is 5.73 Å². The standard InChI is InChI=1S/C15H17N3S/c1-10-11(2)19-15-17-14(12-6-4-3-5-7-12)13(8-9-16)18(10)15/h3-7H,8-9,16H2,1-2H3. The van der Waals surface area contributed by atoms with Gasteiger partial charge >= 0.3 is 0 Å². The van der Waals surface area contributed by atoms with Crippen molar-refractivity contribution in [2.45, 2.75) is 20.3 Å². The lowest BCUT2D eigenvalue weighted by atomic mass is 10.1. The molecule has 0 aliphatic carbocycles. The summed E-state index contributed by atoms with van der Waals surface area (Å²) >= 11 is 1.75. The van der Waals surface area contributed by atoms with Crippen molar-refractivity contribution < 1.29 is 0 Å². The number of benzene rings is 1. The minimum absolute atomic E-state index is 0.641. The third-order valence-electron chi connectivity index (χ3n) is 3.46. The van der Waals surface area contributed by atoms with Gasteiger partial charge in [0.2, 0.25) is 0 Å². The molecule has 3 nitrogen and oxygen atoms in total. The summed E-state index contributed by atoms with van der Waals surface area (Å²) in [5, 5.41) is 0. The molecule has 0 radical (unpaired) electrons. The molecule has 19 heavy (non-hydrogen) atoms. The summed E-state index contributed by atoms with van der Waals surface area (Å²) < 4.78 is 2.26. The number of fused-ring (bicyclic) bond motifs is 1. The molecule has 0 saturated heterocycles. The van der Waals surface area contributed by atoms with Crippen molar-refractivity contribution in [2.24, 2.45) is 5.73 Å². The summed E-state index contributed by atoms with van der Waals surface area (Å²) in [5.74, 6) is 0. The van der Waals surface area contributed by atoms with E-state index in [2.05, 4.69) is 30.4 Å². The largest absolute Gasteiger partial charge is 0.330 e. The lowest BCUT2D eigenvalue weighted by Gasteiger charge is -2.04. The first kappa shape index (κ1) is 12.4. The van der Waals surface area contributed by atoms with E-state index >= 15 is 0 Å². The third-order valence-corrected chi connectivity index (χ3v) is 4.52. The zero-order valence-electron chi connectivity index (χ0n) is 11.2. The maximum absolute atomic E-state index is 5.78. The van der Waals surface area contributed by atoms with E-state index < -0.39 is 0 Å². The summed E-state index contributed by atoms with van der Waals surface area (Å²) in [6.45, 7) is 4.93. The number of aromatic nitrogens is 2. The van der Waals surface area contributed by atoms with Gasteiger partial charge in [0.25, 0.3) is 0 Å². The number of rotatable bonds is 3. The van der Waals surface area contributed by atoms with Crippen LogP contribution in [0.25, 0.3) is 16.2 Å². The molecule has 0 fully saturated rings. The van der Waals surface area contributed by atoms with Gasteiger partial charge < -0.3 is 5.73 Å². The Hall–Kier alpha value is -1.65. The van der Waals surface area contributed by atoms with E-state index in [1.807, 2.05) is 18.2 Å². The highest BCUT2D eigenvalue weighted by Crippen LogP contribution is 2.30. The number of thiazole rings is 1. The zero-order chi connectivity index (χ0) is 13.4. The predicted octanol–water partition coefficient (Wildman–Crippen LogP) is 3.18. The molecule has 3 aromatic rings. The number of imidazole rings is 1. The molecule has 98 valence electrons. The summed E-state index contributed by atoms with van der Waals surface area (Å²) in [6, 6.07) is 10.3. The number of hydrogen-bond acceptors (Lipinski definition) is 3. The summed E-state index contributed by atoms with van der Waals surface area (Å²) in [7, 11) is 0. The quantitative estimate of drug-likeness (QED) is 0.795. The minimum Gasteiger partial charge on any atom is -0.330 e. The molecule has 2 heterocycles. The Balaban J connectivity index is 2.28. The van der Waals surface area contributed by atoms with Crippen molar-refractivity contribution in [1.82, 2.24) is 9.38 Å². The van der Waals surface area contributed by atoms with Crippen LogP contribution in [-0.2, 0) is 6.42 Å². The van der Waals surface area contributed by atoms with Gasteiger partial charge in [0.1, 0.15) is 0 Å². The normalized spacial score (nSPS) is 11.3. The van der Waals surface area contributed by atoms with Crippen LogP contribution in [0.5, 0.6) is 0 Å². The number of nitrogens with two attached hydrogens (primary N) is 1. The SMILES string of the molecule is Cc1sc2nc(-c3ccccc3)c(CCN)n2c1C. The first-order valence-electron chi connectivity index (χ1n) is 6.45. The van der Waals surface area contributed by atoms with Crippen LogP contribution in [0.2, 0.25) is 0 Å². The van der Waals surface area contributed by atoms with Crippen LogP contribution in [0.1, 0.15) is 16.3 Å². The lowest BCUT2D eigenvalue weighted by molar-refractivity contribution is 0.895. The third kappa shape index (κ3) is 1.97. The fraction of sp³-hybridized carbons (Fsp3) is 0.267. The highest BCUT2D eigenvalue weighted by Gasteiger charge is 2.17. The van der Waals surface area contributed by atoms with E-state index in [0.29, 0.717) is 6.54 Å². The van der Waals surface area contributed by atoms with E-state index in [1.54, 1.807) is 11.3 Å². The van der Waals surface area contributed by atoms with Crippen LogP contribution in [0.4, 0.5) is 0 Å². The Bertz CT molecular complexity index is 710. The molecule has 2 N–H and O–H groups in total. The van der Waals surface area contributed by atoms with Crippen LogP contribution in [-0.4, -0.2) is 15.9 Å². The highest BCUT2D eigenvalue weighted by molar-refractivity contribution is 7.17. The van der Waals surface area contributed by atoms with Gasteiger partial charge in [-0.3, -0.25) is 4.40 Å². The maximum Gasteiger partial charge on any atom is 0.194 e. The van der Waals surface area contributed by atoms with Crippen molar-refractivity contribution >= 4 is 16.3 Å². The fourth-order valence-corrected chi connectivity index (χ4v) is 3.40. The number of hydrogen-bond donors (Lipinski definition) is 1. The van der Waals surface area contributed by atoms with Crippen molar-refractivity contribution in [1.29, 1.82) is 0 Å². The average molecular weight is 271 g/mol. The molecule has 0 spiro atoms. The Labute approximate surface area is 116 Å². The molecule has 0 saturated carbocycles. The van der Waals surface area contributed by atoms with Gasteiger partial charge in [0, 0.05) is 22.6 Å². The molecule has 1 aromatic carbocycles. The van der Waals surface area contributed by atoms with Crippen LogP contribution in [0.3, 0.4) is 0 Å². The molecule has 4 heteroatoms. The molecule has 0 atom stereocenters. The van der Waals surface area contributed by atoms with Crippen molar-refractivity contribution in [3.63, 3.8) is 0 Å². The zero-order valence-corrected chi connectivity index (χ0v) is 12.0. The van der Waals surface area contributed by atoms with E-state index in [1.165, 1.54) is 21.8 Å². The maximum atomic E-state index is 5.78. The van der Waals surface area contributed by atoms with Crippen LogP contribution in [0, 0.1) is 13.8 Å². The molecule has 3 rings (SSSR count). The van der Waals surface area contributed by atoms with Gasteiger partial charge in [0.15, 0.2) is 4.96 Å². The summed E-state index contributed by atoms with van der Waals surface area (Å²) in [5.41, 5.74) is 10.5. The van der Waals surface area contributed by atoms with E-state index in [0.717, 1.165) is 17.1 Å². The van der Waals surface area contributed by atoms with Gasteiger partial charge in [-0.1, -0.05) is 30.3 Å². The lowest BCUT2D eigenvalue weighted by Crippen LogP contribution is -2.06. The Morgan fingerprint density at radius 2 is 1.95 bits per heavy atom. The molecule has 0 aliphatic heterocycles. The second-order valence-corrected chi connectivity index (χ2v) is 5.86. The summed E-state index contributed by atoms with van der Waals surface area (Å²) in [4.78, 5) is 7.20. The minimum atomic E-state index is 0.641. The molecule has 2 aromatic heterocycles. The molecule has 0 aliphatic rings. The fourth-order valence-electron chi connectivity index (χ4n) is 2.41. The topological polar surface area (TPSA) is 43.3 Å². The first-order valence-corrected chi connectivity index (χ1v) is 7.27. The van der Waals surface area contributed by atoms with Gasteiger partial charge in [-0.2, -0.15) is 0 Å². The average Bonchev–Trinajstić information content (AvgIpc) is 2.90. The second-order valence-electron chi connectivity index (χ2n) is 4.67. The molecule has 0 amide bonds. The highest BCUT2D eigenvalue weighted by atomic mass is 32.1. The Kier molecular flexibility index (Phi) is 3.12. The van der Waals surface area contributed by atoms with Crippen LogP contribution in [0.15, 0.2) is 30.3 Å². The monoisotopic (exact) mass is 271 g/mol. The Morgan fingerprint density at radius 3 is 2.63 bits per heavy atom. The van der Waals surface area contributed by atoms with Crippen LogP contribution >= 0.6 is 11.3 Å². The summed E-state index contributed by atoms with van der Waals surface area (Å²) in [6.07, 6.45) is 0.850. The second kappa shape index (κ2) is 4.79. The van der Waals surface area contributed by atoms with Gasteiger partial charge in [-0.25, -0.2) is 4.98 Å². The van der Waals surface area contributed by atoms with Crippen molar-refractivity contribution in [3.05, 3.63) is 46.6 Å². The van der Waals surface area contributed by atoms with E-state index in [-0.39, 0.29) is 0 Å². The van der Waals surface area contributed by atoms with E-state index in [4.69, 9.17) is 10.7 Å². The predicted molar refractivity (Wildman–Crippen MR) is 80.7 cm³/mol. The van der Waals surface area contributed by atoms with Crippen molar-refractivity contribution in [3.8, 4) is 11.3 Å². The molecule has 0 bridgehead atoms. The van der Waals surface area contributed by atoms with E-state index in [9.17, 15) is 0 Å². The van der Waals surface area contributed by atoms with Gasteiger partial charge in [0.05, 0.1) is 11.4 Å². The van der Waals surface area contributed by atoms with Gasteiger partial charge in [-0.05, 0) is 20.4 Å². The first-order chi connectivity index (χ1) is 9.22. The molecular weight excluding hydrogens is 254 g/mol. The molecule has 0 unspecified atom stereocenters. The molecular formula is C15H17N3S. The van der Waals surface area contributed by atoms with Crippen molar-refractivity contribution in [2.75, 3.05) is 6.54 Å². The number of aryl methyl sites for hydroxylation is 2. The van der Waals surface area contributed by atoms with Gasteiger partial charge in [-0.15, -0.1) is 11.3 Å². The Morgan fingerprint density at radius 1 is 1.21 bits per heavy atom.